The van der Waals surface area contributed by atoms with Gasteiger partial charge in [-0.2, -0.15) is 0 Å². The molecule has 0 saturated carbocycles. The molecule has 0 aliphatic rings. The lowest BCUT2D eigenvalue weighted by Crippen LogP contribution is -2.07. The van der Waals surface area contributed by atoms with E-state index in [1.54, 1.807) is 49.6 Å². The van der Waals surface area contributed by atoms with Crippen LogP contribution in [0.15, 0.2) is 60.7 Å². The smallest absolute Gasteiger partial charge is 0.335 e. The number of carboxylic acids is 1. The van der Waals surface area contributed by atoms with E-state index in [1.807, 2.05) is 19.1 Å². The van der Waals surface area contributed by atoms with Crippen molar-refractivity contribution in [2.45, 2.75) is 20.1 Å². The second-order valence-electron chi connectivity index (χ2n) is 6.52. The molecule has 5 nitrogen and oxygen atoms in total. The van der Waals surface area contributed by atoms with Crippen LogP contribution in [-0.4, -0.2) is 18.2 Å². The van der Waals surface area contributed by atoms with Crippen LogP contribution in [0, 0.1) is 12.7 Å². The molecule has 0 saturated heterocycles. The summed E-state index contributed by atoms with van der Waals surface area (Å²) in [5.74, 6) is -0.263. The minimum Gasteiger partial charge on any atom is -0.493 e. The molecular formula is C23H22FNO4. The predicted octanol–water partition coefficient (Wildman–Crippen LogP) is 5.03. The average Bonchev–Trinajstić information content (AvgIpc) is 2.72. The summed E-state index contributed by atoms with van der Waals surface area (Å²) in [5.41, 5.74) is 3.10. The number of halogens is 1. The number of ether oxygens (including phenoxy) is 2. The van der Waals surface area contributed by atoms with Crippen LogP contribution in [0.1, 0.15) is 27.0 Å². The SMILES string of the molecule is COc1cccc(CNc2cc(C(=O)O)ccc2C)c1OCc1ccccc1F. The Kier molecular flexibility index (Phi) is 6.34. The Hall–Kier alpha value is -3.54. The molecule has 0 fully saturated rings. The minimum absolute atomic E-state index is 0.0631. The molecule has 0 bridgehead atoms. The quantitative estimate of drug-likeness (QED) is 0.560. The van der Waals surface area contributed by atoms with E-state index in [1.165, 1.54) is 6.07 Å². The number of para-hydroxylation sites is 1. The van der Waals surface area contributed by atoms with E-state index < -0.39 is 5.97 Å². The molecule has 0 unspecified atom stereocenters. The lowest BCUT2D eigenvalue weighted by Gasteiger charge is -2.17. The largest absolute Gasteiger partial charge is 0.493 e. The van der Waals surface area contributed by atoms with E-state index in [-0.39, 0.29) is 18.0 Å². The zero-order valence-electron chi connectivity index (χ0n) is 16.2. The molecule has 6 heteroatoms. The Morgan fingerprint density at radius 2 is 1.83 bits per heavy atom. The number of methoxy groups -OCH3 is 1. The number of aromatic carboxylic acids is 1. The van der Waals surface area contributed by atoms with Crippen LogP contribution >= 0.6 is 0 Å². The van der Waals surface area contributed by atoms with Crippen LogP contribution in [0.3, 0.4) is 0 Å². The zero-order valence-corrected chi connectivity index (χ0v) is 16.2. The molecule has 0 aliphatic carbocycles. The van der Waals surface area contributed by atoms with Crippen molar-refractivity contribution >= 4 is 11.7 Å². The summed E-state index contributed by atoms with van der Waals surface area (Å²) < 4.78 is 25.2. The number of nitrogens with one attached hydrogen (secondary N) is 1. The highest BCUT2D eigenvalue weighted by molar-refractivity contribution is 5.89. The molecule has 0 aliphatic heterocycles. The van der Waals surface area contributed by atoms with Crippen molar-refractivity contribution in [3.63, 3.8) is 0 Å². The Morgan fingerprint density at radius 1 is 1.07 bits per heavy atom. The van der Waals surface area contributed by atoms with Gasteiger partial charge in [-0.05, 0) is 36.8 Å². The van der Waals surface area contributed by atoms with Crippen LogP contribution < -0.4 is 14.8 Å². The standard InChI is InChI=1S/C23H22FNO4/c1-15-10-11-16(23(26)27)12-20(15)25-13-17-7-5-9-21(28-2)22(17)29-14-18-6-3-4-8-19(18)24/h3-12,25H,13-14H2,1-2H3,(H,26,27). The average molecular weight is 395 g/mol. The van der Waals surface area contributed by atoms with Crippen molar-refractivity contribution in [3.8, 4) is 11.5 Å². The van der Waals surface area contributed by atoms with Crippen LogP contribution in [0.4, 0.5) is 10.1 Å². The number of carbonyl (C=O) groups is 1. The van der Waals surface area contributed by atoms with Gasteiger partial charge >= 0.3 is 5.97 Å². The highest BCUT2D eigenvalue weighted by Crippen LogP contribution is 2.33. The molecule has 2 N–H and O–H groups in total. The summed E-state index contributed by atoms with van der Waals surface area (Å²) >= 11 is 0. The van der Waals surface area contributed by atoms with Gasteiger partial charge in [-0.25, -0.2) is 9.18 Å². The normalized spacial score (nSPS) is 10.4. The number of hydrogen-bond acceptors (Lipinski definition) is 4. The van der Waals surface area contributed by atoms with E-state index >= 15 is 0 Å². The van der Waals surface area contributed by atoms with Crippen molar-refractivity contribution in [1.82, 2.24) is 0 Å². The maximum atomic E-state index is 13.9. The van der Waals surface area contributed by atoms with Gasteiger partial charge in [-0.3, -0.25) is 0 Å². The van der Waals surface area contributed by atoms with Gasteiger partial charge in [-0.1, -0.05) is 36.4 Å². The van der Waals surface area contributed by atoms with E-state index in [9.17, 15) is 14.3 Å². The predicted molar refractivity (Wildman–Crippen MR) is 109 cm³/mol. The van der Waals surface area contributed by atoms with Crippen molar-refractivity contribution < 1.29 is 23.8 Å². The first-order valence-electron chi connectivity index (χ1n) is 9.09. The summed E-state index contributed by atoms with van der Waals surface area (Å²) in [6, 6.07) is 16.9. The van der Waals surface area contributed by atoms with Crippen molar-refractivity contribution in [2.24, 2.45) is 0 Å². The van der Waals surface area contributed by atoms with Gasteiger partial charge in [0.2, 0.25) is 0 Å². The lowest BCUT2D eigenvalue weighted by molar-refractivity contribution is 0.0697. The third-order valence-corrected chi connectivity index (χ3v) is 4.56. The third kappa shape index (κ3) is 4.85. The molecule has 0 atom stereocenters. The van der Waals surface area contributed by atoms with Gasteiger partial charge in [0.25, 0.3) is 0 Å². The Labute approximate surface area is 168 Å². The lowest BCUT2D eigenvalue weighted by atomic mass is 10.1. The van der Waals surface area contributed by atoms with Crippen molar-refractivity contribution in [3.05, 3.63) is 88.7 Å². The van der Waals surface area contributed by atoms with Crippen LogP contribution in [0.2, 0.25) is 0 Å². The summed E-state index contributed by atoms with van der Waals surface area (Å²) in [5, 5.41) is 12.5. The van der Waals surface area contributed by atoms with Crippen molar-refractivity contribution in [1.29, 1.82) is 0 Å². The number of rotatable bonds is 8. The van der Waals surface area contributed by atoms with Gasteiger partial charge in [0.1, 0.15) is 12.4 Å². The molecule has 3 rings (SSSR count). The molecule has 0 radical (unpaired) electrons. The molecule has 0 heterocycles. The summed E-state index contributed by atoms with van der Waals surface area (Å²) in [6.07, 6.45) is 0. The second-order valence-corrected chi connectivity index (χ2v) is 6.52. The fraction of sp³-hybridized carbons (Fsp3) is 0.174. The van der Waals surface area contributed by atoms with Gasteiger partial charge in [0, 0.05) is 23.4 Å². The molecule has 3 aromatic carbocycles. The van der Waals surface area contributed by atoms with E-state index in [0.29, 0.717) is 29.3 Å². The first-order chi connectivity index (χ1) is 14.0. The molecule has 0 aromatic heterocycles. The maximum absolute atomic E-state index is 13.9. The van der Waals surface area contributed by atoms with E-state index in [2.05, 4.69) is 5.32 Å². The third-order valence-electron chi connectivity index (χ3n) is 4.56. The Morgan fingerprint density at radius 3 is 2.55 bits per heavy atom. The van der Waals surface area contributed by atoms with Crippen molar-refractivity contribution in [2.75, 3.05) is 12.4 Å². The zero-order chi connectivity index (χ0) is 20.8. The number of carboxylic acid groups (broad SMARTS) is 1. The highest BCUT2D eigenvalue weighted by Gasteiger charge is 2.13. The summed E-state index contributed by atoms with van der Waals surface area (Å²) in [6.45, 7) is 2.34. The fourth-order valence-electron chi connectivity index (χ4n) is 2.93. The van der Waals surface area contributed by atoms with Crippen LogP contribution in [-0.2, 0) is 13.2 Å². The number of benzene rings is 3. The monoisotopic (exact) mass is 395 g/mol. The number of hydrogen-bond donors (Lipinski definition) is 2. The first-order valence-corrected chi connectivity index (χ1v) is 9.09. The molecular weight excluding hydrogens is 373 g/mol. The molecule has 0 spiro atoms. The molecule has 29 heavy (non-hydrogen) atoms. The maximum Gasteiger partial charge on any atom is 0.335 e. The van der Waals surface area contributed by atoms with Gasteiger partial charge < -0.3 is 19.9 Å². The Balaban J connectivity index is 1.82. The van der Waals surface area contributed by atoms with Crippen LogP contribution in [0.5, 0.6) is 11.5 Å². The van der Waals surface area contributed by atoms with Gasteiger partial charge in [0.05, 0.1) is 12.7 Å². The topological polar surface area (TPSA) is 67.8 Å². The van der Waals surface area contributed by atoms with Gasteiger partial charge in [0.15, 0.2) is 11.5 Å². The van der Waals surface area contributed by atoms with Gasteiger partial charge in [-0.15, -0.1) is 0 Å². The molecule has 3 aromatic rings. The first kappa shape index (κ1) is 20.2. The van der Waals surface area contributed by atoms with E-state index in [0.717, 1.165) is 11.1 Å². The summed E-state index contributed by atoms with van der Waals surface area (Å²) in [7, 11) is 1.54. The minimum atomic E-state index is -0.983. The number of aryl methyl sites for hydroxylation is 1. The fourth-order valence-corrected chi connectivity index (χ4v) is 2.93. The van der Waals surface area contributed by atoms with E-state index in [4.69, 9.17) is 9.47 Å². The number of anilines is 1. The van der Waals surface area contributed by atoms with Crippen LogP contribution in [0.25, 0.3) is 0 Å². The summed E-state index contributed by atoms with van der Waals surface area (Å²) in [4.78, 5) is 11.2. The highest BCUT2D eigenvalue weighted by atomic mass is 19.1. The second kappa shape index (κ2) is 9.10. The Bertz CT molecular complexity index is 1020. The molecule has 150 valence electrons. The molecule has 0 amide bonds.